The zero-order valence-corrected chi connectivity index (χ0v) is 19.3. The number of nitrogens with one attached hydrogen (secondary N) is 2. The molecule has 1 aliphatic rings. The van der Waals surface area contributed by atoms with E-state index in [1.807, 2.05) is 0 Å². The smallest absolute Gasteiger partial charge is 0.341 e. The van der Waals surface area contributed by atoms with Crippen molar-refractivity contribution >= 4 is 63.5 Å². The van der Waals surface area contributed by atoms with Crippen molar-refractivity contribution in [3.8, 4) is 0 Å². The molecule has 0 saturated carbocycles. The molecule has 10 heteroatoms. The highest BCUT2D eigenvalue weighted by molar-refractivity contribution is 7.17. The fourth-order valence-corrected chi connectivity index (χ4v) is 5.00. The summed E-state index contributed by atoms with van der Waals surface area (Å²) in [6.07, 6.45) is 3.78. The van der Waals surface area contributed by atoms with Gasteiger partial charge in [0.2, 0.25) is 0 Å². The van der Waals surface area contributed by atoms with Crippen molar-refractivity contribution in [2.45, 2.75) is 33.1 Å². The lowest BCUT2D eigenvalue weighted by Gasteiger charge is -2.18. The molecule has 2 amide bonds. The lowest BCUT2D eigenvalue weighted by molar-refractivity contribution is -0.136. The molecular formula is C21H21Cl2N3O4S. The molecule has 1 aromatic heterocycles. The molecule has 2 aromatic rings. The molecule has 1 aliphatic carbocycles. The zero-order chi connectivity index (χ0) is 22.5. The van der Waals surface area contributed by atoms with E-state index in [9.17, 15) is 14.4 Å². The number of halogens is 2. The maximum Gasteiger partial charge on any atom is 0.341 e. The highest BCUT2D eigenvalue weighted by Crippen LogP contribution is 2.40. The van der Waals surface area contributed by atoms with Crippen LogP contribution in [0.1, 0.15) is 46.6 Å². The minimum Gasteiger partial charge on any atom is -0.462 e. The number of anilines is 1. The van der Waals surface area contributed by atoms with Gasteiger partial charge in [0.25, 0.3) is 0 Å². The second kappa shape index (κ2) is 10.3. The van der Waals surface area contributed by atoms with Crippen LogP contribution in [0.15, 0.2) is 23.3 Å². The average molecular weight is 482 g/mol. The molecule has 1 unspecified atom stereocenters. The SMILES string of the molecule is CCOC(=O)c1c(NC(=O)C(=O)NN=Cc2cccc(Cl)c2Cl)sc2c1CCC(C)C2. The number of amides is 2. The normalized spacial score (nSPS) is 15.4. The molecule has 1 heterocycles. The summed E-state index contributed by atoms with van der Waals surface area (Å²) in [7, 11) is 0. The average Bonchev–Trinajstić information content (AvgIpc) is 3.07. The summed E-state index contributed by atoms with van der Waals surface area (Å²) < 4.78 is 5.17. The lowest BCUT2D eigenvalue weighted by atomic mass is 9.88. The van der Waals surface area contributed by atoms with E-state index >= 15 is 0 Å². The van der Waals surface area contributed by atoms with Crippen LogP contribution in [0.4, 0.5) is 5.00 Å². The largest absolute Gasteiger partial charge is 0.462 e. The van der Waals surface area contributed by atoms with Gasteiger partial charge in [-0.25, -0.2) is 10.2 Å². The third-order valence-electron chi connectivity index (χ3n) is 4.78. The molecule has 0 aliphatic heterocycles. The van der Waals surface area contributed by atoms with Gasteiger partial charge in [0.05, 0.1) is 28.4 Å². The number of fused-ring (bicyclic) bond motifs is 1. The van der Waals surface area contributed by atoms with Crippen molar-refractivity contribution in [2.75, 3.05) is 11.9 Å². The van der Waals surface area contributed by atoms with Crippen LogP contribution in [0.25, 0.3) is 0 Å². The predicted molar refractivity (Wildman–Crippen MR) is 122 cm³/mol. The van der Waals surface area contributed by atoms with Crippen LogP contribution in [0.5, 0.6) is 0 Å². The molecule has 1 atom stereocenters. The summed E-state index contributed by atoms with van der Waals surface area (Å²) in [5, 5.41) is 7.23. The lowest BCUT2D eigenvalue weighted by Crippen LogP contribution is -2.32. The van der Waals surface area contributed by atoms with Crippen molar-refractivity contribution in [1.82, 2.24) is 5.43 Å². The first-order valence-electron chi connectivity index (χ1n) is 9.71. The first-order valence-corrected chi connectivity index (χ1v) is 11.3. The van der Waals surface area contributed by atoms with E-state index in [4.69, 9.17) is 27.9 Å². The van der Waals surface area contributed by atoms with Gasteiger partial charge in [-0.2, -0.15) is 5.10 Å². The maximum atomic E-state index is 12.5. The summed E-state index contributed by atoms with van der Waals surface area (Å²) in [5.74, 6) is -1.94. The van der Waals surface area contributed by atoms with Crippen molar-refractivity contribution < 1.29 is 19.1 Å². The summed E-state index contributed by atoms with van der Waals surface area (Å²) in [6.45, 7) is 4.08. The van der Waals surface area contributed by atoms with Crippen LogP contribution in [0.2, 0.25) is 10.0 Å². The van der Waals surface area contributed by atoms with Gasteiger partial charge in [-0.05, 0) is 43.7 Å². The Morgan fingerprint density at radius 1 is 1.29 bits per heavy atom. The van der Waals surface area contributed by atoms with Crippen molar-refractivity contribution in [3.63, 3.8) is 0 Å². The number of nitrogens with zero attached hydrogens (tertiary/aromatic N) is 1. The molecule has 7 nitrogen and oxygen atoms in total. The van der Waals surface area contributed by atoms with E-state index < -0.39 is 17.8 Å². The van der Waals surface area contributed by atoms with E-state index in [1.54, 1.807) is 25.1 Å². The zero-order valence-electron chi connectivity index (χ0n) is 17.0. The molecule has 0 bridgehead atoms. The predicted octanol–water partition coefficient (Wildman–Crippen LogP) is 4.45. The van der Waals surface area contributed by atoms with Crippen LogP contribution in [0, 0.1) is 5.92 Å². The van der Waals surface area contributed by atoms with Crippen LogP contribution in [0.3, 0.4) is 0 Å². The molecular weight excluding hydrogens is 461 g/mol. The van der Waals surface area contributed by atoms with Gasteiger partial charge in [-0.15, -0.1) is 11.3 Å². The summed E-state index contributed by atoms with van der Waals surface area (Å²) in [5.41, 5.74) is 3.86. The third kappa shape index (κ3) is 5.44. The fraction of sp³-hybridized carbons (Fsp3) is 0.333. The Hall–Kier alpha value is -2.42. The Morgan fingerprint density at radius 3 is 2.81 bits per heavy atom. The number of hydrogen-bond acceptors (Lipinski definition) is 6. The Morgan fingerprint density at radius 2 is 2.06 bits per heavy atom. The van der Waals surface area contributed by atoms with E-state index in [2.05, 4.69) is 22.8 Å². The first kappa shape index (κ1) is 23.2. The van der Waals surface area contributed by atoms with Crippen molar-refractivity contribution in [1.29, 1.82) is 0 Å². The van der Waals surface area contributed by atoms with Gasteiger partial charge in [-0.3, -0.25) is 9.59 Å². The van der Waals surface area contributed by atoms with Gasteiger partial charge in [0, 0.05) is 10.4 Å². The molecule has 0 fully saturated rings. The van der Waals surface area contributed by atoms with E-state index in [0.717, 1.165) is 29.7 Å². The number of carbonyl (C=O) groups is 3. The third-order valence-corrected chi connectivity index (χ3v) is 6.78. The standard InChI is InChI=1S/C21H21Cl2N3O4S/c1-3-30-21(29)16-13-8-7-11(2)9-15(13)31-20(16)25-18(27)19(28)26-24-10-12-5-4-6-14(22)17(12)23/h4-6,10-11H,3,7-9H2,1-2H3,(H,25,27)(H,26,28). The number of ether oxygens (including phenoxy) is 1. The topological polar surface area (TPSA) is 96.9 Å². The minimum absolute atomic E-state index is 0.217. The van der Waals surface area contributed by atoms with E-state index in [1.165, 1.54) is 17.6 Å². The number of rotatable bonds is 5. The van der Waals surface area contributed by atoms with Crippen LogP contribution in [-0.4, -0.2) is 30.6 Å². The van der Waals surface area contributed by atoms with Crippen molar-refractivity contribution in [2.24, 2.45) is 11.0 Å². The first-order chi connectivity index (χ1) is 14.8. The molecule has 3 rings (SSSR count). The van der Waals surface area contributed by atoms with Gasteiger partial charge >= 0.3 is 17.8 Å². The van der Waals surface area contributed by atoms with E-state index in [0.29, 0.717) is 27.1 Å². The summed E-state index contributed by atoms with van der Waals surface area (Å²) >= 11 is 13.3. The Kier molecular flexibility index (Phi) is 7.69. The molecule has 0 saturated heterocycles. The van der Waals surface area contributed by atoms with Crippen molar-refractivity contribution in [3.05, 3.63) is 49.8 Å². The molecule has 31 heavy (non-hydrogen) atoms. The van der Waals surface area contributed by atoms with Crippen LogP contribution in [-0.2, 0) is 27.2 Å². The molecule has 2 N–H and O–H groups in total. The second-order valence-corrected chi connectivity index (χ2v) is 8.96. The summed E-state index contributed by atoms with van der Waals surface area (Å²) in [4.78, 5) is 38.1. The molecule has 164 valence electrons. The minimum atomic E-state index is -0.982. The number of hydrazone groups is 1. The highest BCUT2D eigenvalue weighted by atomic mass is 35.5. The number of carbonyl (C=O) groups excluding carboxylic acids is 3. The monoisotopic (exact) mass is 481 g/mol. The van der Waals surface area contributed by atoms with Gasteiger partial charge in [-0.1, -0.05) is 42.3 Å². The van der Waals surface area contributed by atoms with Crippen LogP contribution < -0.4 is 10.7 Å². The number of esters is 1. The maximum absolute atomic E-state index is 12.5. The van der Waals surface area contributed by atoms with Gasteiger partial charge < -0.3 is 10.1 Å². The molecule has 0 spiro atoms. The van der Waals surface area contributed by atoms with Gasteiger partial charge in [0.15, 0.2) is 0 Å². The molecule has 1 aromatic carbocycles. The second-order valence-electron chi connectivity index (χ2n) is 7.07. The number of benzene rings is 1. The fourth-order valence-electron chi connectivity index (χ4n) is 3.25. The quantitative estimate of drug-likeness (QED) is 0.285. The van der Waals surface area contributed by atoms with Gasteiger partial charge in [0.1, 0.15) is 5.00 Å². The Bertz CT molecular complexity index is 1050. The number of thiophene rings is 1. The Labute approximate surface area is 193 Å². The highest BCUT2D eigenvalue weighted by Gasteiger charge is 2.30. The van der Waals surface area contributed by atoms with E-state index in [-0.39, 0.29) is 11.6 Å². The number of hydrogen-bond donors (Lipinski definition) is 2. The Balaban J connectivity index is 1.73. The molecule has 0 radical (unpaired) electrons. The van der Waals surface area contributed by atoms with Crippen LogP contribution >= 0.6 is 34.5 Å². The summed E-state index contributed by atoms with van der Waals surface area (Å²) in [6, 6.07) is 4.96.